The number of halogens is 5. The molecule has 3 aromatic rings. The van der Waals surface area contributed by atoms with Crippen LogP contribution in [-0.4, -0.2) is 68.5 Å². The summed E-state index contributed by atoms with van der Waals surface area (Å²) in [5, 5.41) is 9.24. The Morgan fingerprint density at radius 2 is 1.89 bits per heavy atom. The minimum Gasteiger partial charge on any atom is -0.477 e. The predicted molar refractivity (Wildman–Crippen MR) is 119 cm³/mol. The summed E-state index contributed by atoms with van der Waals surface area (Å²) in [6, 6.07) is 1.96. The van der Waals surface area contributed by atoms with Crippen LogP contribution in [0.1, 0.15) is 30.7 Å². The Balaban J connectivity index is 1.50. The number of aryl methyl sites for hydroxylation is 1. The molecule has 0 spiro atoms. The first-order chi connectivity index (χ1) is 17.2. The number of pyridine rings is 1. The van der Waals surface area contributed by atoms with Crippen molar-refractivity contribution in [1.29, 1.82) is 5.26 Å². The van der Waals surface area contributed by atoms with E-state index in [1.54, 1.807) is 18.0 Å². The second-order valence-electron chi connectivity index (χ2n) is 8.69. The maximum absolute atomic E-state index is 13.9. The van der Waals surface area contributed by atoms with E-state index in [-0.39, 0.29) is 35.1 Å². The monoisotopic (exact) mass is 509 g/mol. The van der Waals surface area contributed by atoms with E-state index >= 15 is 0 Å². The molecule has 1 aliphatic rings. The highest BCUT2D eigenvalue weighted by molar-refractivity contribution is 5.87. The molecular formula is C23H24F5N7O. The molecule has 4 heterocycles. The number of aromatic nitrogens is 5. The van der Waals surface area contributed by atoms with Crippen LogP contribution in [0.5, 0.6) is 5.88 Å². The van der Waals surface area contributed by atoms with Crippen molar-refractivity contribution in [2.75, 3.05) is 33.0 Å². The van der Waals surface area contributed by atoms with Crippen molar-refractivity contribution in [1.82, 2.24) is 29.4 Å². The van der Waals surface area contributed by atoms with Crippen LogP contribution >= 0.6 is 0 Å². The predicted octanol–water partition coefficient (Wildman–Crippen LogP) is 4.10. The summed E-state index contributed by atoms with van der Waals surface area (Å²) in [4.78, 5) is 18.0. The molecule has 0 radical (unpaired) electrons. The quantitative estimate of drug-likeness (QED) is 0.422. The van der Waals surface area contributed by atoms with Crippen LogP contribution in [-0.2, 0) is 13.2 Å². The number of alkyl halides is 5. The number of hydrogen-bond donors (Lipinski definition) is 0. The third-order valence-corrected chi connectivity index (χ3v) is 6.38. The van der Waals surface area contributed by atoms with Gasteiger partial charge in [-0.05, 0) is 44.3 Å². The summed E-state index contributed by atoms with van der Waals surface area (Å²) < 4.78 is 74.4. The average molecular weight is 509 g/mol. The van der Waals surface area contributed by atoms with Crippen LogP contribution in [0.3, 0.4) is 0 Å². The van der Waals surface area contributed by atoms with Gasteiger partial charge in [-0.1, -0.05) is 0 Å². The Labute approximate surface area is 203 Å². The van der Waals surface area contributed by atoms with Crippen molar-refractivity contribution in [2.45, 2.75) is 31.5 Å². The van der Waals surface area contributed by atoms with Crippen LogP contribution in [0, 0.1) is 17.2 Å². The highest BCUT2D eigenvalue weighted by Gasteiger charge is 2.36. The molecule has 0 N–H and O–H groups in total. The van der Waals surface area contributed by atoms with Gasteiger partial charge in [0.05, 0.1) is 19.0 Å². The average Bonchev–Trinajstić information content (AvgIpc) is 3.25. The van der Waals surface area contributed by atoms with Crippen LogP contribution in [0.15, 0.2) is 18.6 Å². The van der Waals surface area contributed by atoms with Crippen LogP contribution in [0.2, 0.25) is 0 Å². The maximum atomic E-state index is 13.9. The summed E-state index contributed by atoms with van der Waals surface area (Å²) in [5.41, 5.74) is -0.423. The van der Waals surface area contributed by atoms with Crippen LogP contribution in [0.4, 0.5) is 22.0 Å². The molecule has 8 nitrogen and oxygen atoms in total. The number of rotatable bonds is 8. The number of likely N-dealkylation sites (tertiary alicyclic amines) is 1. The van der Waals surface area contributed by atoms with Crippen molar-refractivity contribution in [2.24, 2.45) is 13.0 Å². The van der Waals surface area contributed by atoms with E-state index in [4.69, 9.17) is 4.74 Å². The van der Waals surface area contributed by atoms with Crippen molar-refractivity contribution in [3.05, 3.63) is 30.0 Å². The maximum Gasteiger partial charge on any atom is 0.421 e. The van der Waals surface area contributed by atoms with E-state index in [0.717, 1.165) is 6.07 Å². The lowest BCUT2D eigenvalue weighted by molar-refractivity contribution is -0.139. The van der Waals surface area contributed by atoms with Gasteiger partial charge >= 0.3 is 6.18 Å². The largest absolute Gasteiger partial charge is 0.477 e. The second-order valence-corrected chi connectivity index (χ2v) is 8.69. The van der Waals surface area contributed by atoms with Crippen molar-refractivity contribution in [3.63, 3.8) is 0 Å². The smallest absolute Gasteiger partial charge is 0.421 e. The number of piperidine rings is 1. The Kier molecular flexibility index (Phi) is 7.63. The SMILES string of the molecule is Cn1cnc2c(-c3cnc(OCCC4CCN(C(CF)CF)CC4)c(C(F)(F)F)c3)nc(C#N)nc21. The van der Waals surface area contributed by atoms with E-state index < -0.39 is 37.0 Å². The normalized spacial score (nSPS) is 15.5. The van der Waals surface area contributed by atoms with Gasteiger partial charge in [0.25, 0.3) is 0 Å². The standard InChI is InChI=1S/C23H24F5N7O/c1-34-13-31-20-19(32-18(11-29)33-21(20)34)15-8-17(23(26,27)28)22(30-12-15)36-7-4-14-2-5-35(6-3-14)16(9-24)10-25/h8,12-14,16H,2-7,9-10H2,1H3. The molecule has 0 aliphatic carbocycles. The van der Waals surface area contributed by atoms with E-state index in [0.29, 0.717) is 38.0 Å². The topological polar surface area (TPSA) is 92.8 Å². The van der Waals surface area contributed by atoms with Gasteiger partial charge in [-0.25, -0.2) is 23.7 Å². The molecule has 1 saturated heterocycles. The Hall–Kier alpha value is -3.40. The molecule has 0 unspecified atom stereocenters. The fourth-order valence-electron chi connectivity index (χ4n) is 4.32. The first kappa shape index (κ1) is 25.7. The van der Waals surface area contributed by atoms with Gasteiger partial charge in [0.2, 0.25) is 11.7 Å². The molecule has 0 bridgehead atoms. The van der Waals surface area contributed by atoms with E-state index in [9.17, 15) is 27.2 Å². The second kappa shape index (κ2) is 10.7. The third kappa shape index (κ3) is 5.38. The summed E-state index contributed by atoms with van der Waals surface area (Å²) >= 11 is 0. The molecule has 1 fully saturated rings. The molecule has 3 aromatic heterocycles. The van der Waals surface area contributed by atoms with Crippen molar-refractivity contribution in [3.8, 4) is 23.2 Å². The molecule has 0 saturated carbocycles. The molecule has 1 aliphatic heterocycles. The van der Waals surface area contributed by atoms with Crippen molar-refractivity contribution < 1.29 is 26.7 Å². The summed E-state index contributed by atoms with van der Waals surface area (Å²) in [6.07, 6.45) is -0.239. The number of fused-ring (bicyclic) bond motifs is 1. The minimum absolute atomic E-state index is 0.0202. The Bertz CT molecular complexity index is 1240. The zero-order chi connectivity index (χ0) is 25.9. The van der Waals surface area contributed by atoms with Gasteiger partial charge in [0, 0.05) is 18.8 Å². The summed E-state index contributed by atoms with van der Waals surface area (Å²) in [5.74, 6) is -0.576. The van der Waals surface area contributed by atoms with Gasteiger partial charge in [-0.2, -0.15) is 23.4 Å². The van der Waals surface area contributed by atoms with Crippen molar-refractivity contribution >= 4 is 11.2 Å². The Morgan fingerprint density at radius 3 is 2.53 bits per heavy atom. The van der Waals surface area contributed by atoms with Crippen LogP contribution in [0.25, 0.3) is 22.4 Å². The highest BCUT2D eigenvalue weighted by atomic mass is 19.4. The molecule has 4 rings (SSSR count). The first-order valence-electron chi connectivity index (χ1n) is 11.4. The lowest BCUT2D eigenvalue weighted by Gasteiger charge is -2.35. The molecule has 0 atom stereocenters. The number of nitrogens with zero attached hydrogens (tertiary/aromatic N) is 7. The van der Waals surface area contributed by atoms with Crippen LogP contribution < -0.4 is 4.74 Å². The molecule has 36 heavy (non-hydrogen) atoms. The number of hydrogen-bond acceptors (Lipinski definition) is 7. The van der Waals surface area contributed by atoms with E-state index in [1.165, 1.54) is 17.1 Å². The molecular weight excluding hydrogens is 485 g/mol. The fraction of sp³-hybridized carbons (Fsp3) is 0.522. The van der Waals surface area contributed by atoms with Gasteiger partial charge in [0.15, 0.2) is 5.65 Å². The van der Waals surface area contributed by atoms with Gasteiger partial charge < -0.3 is 9.30 Å². The molecule has 0 amide bonds. The fourth-order valence-corrected chi connectivity index (χ4v) is 4.32. The summed E-state index contributed by atoms with van der Waals surface area (Å²) in [7, 11) is 1.65. The summed E-state index contributed by atoms with van der Waals surface area (Å²) in [6.45, 7) is -0.396. The number of imidazole rings is 1. The number of nitriles is 1. The zero-order valence-electron chi connectivity index (χ0n) is 19.5. The number of ether oxygens (including phenoxy) is 1. The lowest BCUT2D eigenvalue weighted by Crippen LogP contribution is -2.44. The minimum atomic E-state index is -4.74. The van der Waals surface area contributed by atoms with Gasteiger partial charge in [-0.3, -0.25) is 4.90 Å². The molecule has 13 heteroatoms. The third-order valence-electron chi connectivity index (χ3n) is 6.38. The highest BCUT2D eigenvalue weighted by Crippen LogP contribution is 2.38. The van der Waals surface area contributed by atoms with E-state index in [2.05, 4.69) is 19.9 Å². The Morgan fingerprint density at radius 1 is 1.17 bits per heavy atom. The zero-order valence-corrected chi connectivity index (χ0v) is 19.5. The van der Waals surface area contributed by atoms with Gasteiger partial charge in [-0.15, -0.1) is 0 Å². The van der Waals surface area contributed by atoms with E-state index in [1.807, 2.05) is 0 Å². The molecule has 192 valence electrons. The van der Waals surface area contributed by atoms with Gasteiger partial charge in [0.1, 0.15) is 36.2 Å². The lowest BCUT2D eigenvalue weighted by atomic mass is 9.93. The first-order valence-corrected chi connectivity index (χ1v) is 11.4. The molecule has 0 aromatic carbocycles.